The summed E-state index contributed by atoms with van der Waals surface area (Å²) in [5, 5.41) is 18.2. The first-order chi connectivity index (χ1) is 10.2. The van der Waals surface area contributed by atoms with Crippen LogP contribution in [0.15, 0.2) is 28.8 Å². The molecule has 7 heteroatoms. The van der Waals surface area contributed by atoms with E-state index in [1.165, 1.54) is 18.9 Å². The Morgan fingerprint density at radius 2 is 2.24 bits per heavy atom. The van der Waals surface area contributed by atoms with Gasteiger partial charge in [0.2, 0.25) is 11.7 Å². The van der Waals surface area contributed by atoms with Gasteiger partial charge in [-0.2, -0.15) is 4.98 Å². The van der Waals surface area contributed by atoms with E-state index in [0.717, 1.165) is 0 Å². The van der Waals surface area contributed by atoms with Gasteiger partial charge in [0, 0.05) is 18.5 Å². The molecule has 1 aliphatic rings. The molecule has 1 fully saturated rings. The van der Waals surface area contributed by atoms with E-state index in [1.54, 1.807) is 18.2 Å². The molecule has 110 valence electrons. The quantitative estimate of drug-likeness (QED) is 0.646. The van der Waals surface area contributed by atoms with Gasteiger partial charge < -0.3 is 9.84 Å². The highest BCUT2D eigenvalue weighted by atomic mass is 16.6. The summed E-state index contributed by atoms with van der Waals surface area (Å²) in [7, 11) is 1.92. The Hall–Kier alpha value is -2.28. The van der Waals surface area contributed by atoms with Crippen molar-refractivity contribution < 1.29 is 9.45 Å². The molecule has 0 bridgehead atoms. The smallest absolute Gasteiger partial charge is 0.280 e. The van der Waals surface area contributed by atoms with Gasteiger partial charge in [0.05, 0.1) is 4.92 Å². The molecular weight excluding hydrogens is 272 g/mol. The number of para-hydroxylation sites is 1. The molecule has 1 aliphatic carbocycles. The van der Waals surface area contributed by atoms with Gasteiger partial charge in [-0.05, 0) is 31.9 Å². The summed E-state index contributed by atoms with van der Waals surface area (Å²) in [5.41, 5.74) is 0.363. The standard InChI is InChI=1S/C14H16N4O3/c1-15-11(9-6-7-9)8-13-16-14(17-21-13)10-4-2-3-5-12(10)18(19)20/h2-5,9,11,15H,6-8H2,1H3. The number of rotatable bonds is 6. The van der Waals surface area contributed by atoms with Crippen LogP contribution in [-0.2, 0) is 6.42 Å². The van der Waals surface area contributed by atoms with E-state index < -0.39 is 4.92 Å². The number of nitrogens with one attached hydrogen (secondary N) is 1. The molecule has 0 amide bonds. The molecule has 1 atom stereocenters. The molecule has 1 unspecified atom stereocenters. The maximum atomic E-state index is 11.0. The second kappa shape index (κ2) is 5.61. The molecule has 1 N–H and O–H groups in total. The van der Waals surface area contributed by atoms with Gasteiger partial charge in [-0.15, -0.1) is 0 Å². The lowest BCUT2D eigenvalue weighted by Crippen LogP contribution is -2.29. The van der Waals surface area contributed by atoms with E-state index in [-0.39, 0.29) is 11.5 Å². The van der Waals surface area contributed by atoms with Crippen molar-refractivity contribution >= 4 is 5.69 Å². The average Bonchev–Trinajstić information content (AvgIpc) is 3.23. The van der Waals surface area contributed by atoms with Gasteiger partial charge in [-0.1, -0.05) is 17.3 Å². The Morgan fingerprint density at radius 1 is 1.48 bits per heavy atom. The maximum absolute atomic E-state index is 11.0. The molecule has 0 spiro atoms. The van der Waals surface area contributed by atoms with Crippen LogP contribution in [-0.4, -0.2) is 28.2 Å². The van der Waals surface area contributed by atoms with E-state index in [0.29, 0.717) is 29.8 Å². The molecule has 1 aromatic heterocycles. The van der Waals surface area contributed by atoms with Gasteiger partial charge in [0.1, 0.15) is 5.56 Å². The zero-order valence-corrected chi connectivity index (χ0v) is 11.7. The molecule has 7 nitrogen and oxygen atoms in total. The Kier molecular flexibility index (Phi) is 3.66. The van der Waals surface area contributed by atoms with Crippen LogP contribution >= 0.6 is 0 Å². The monoisotopic (exact) mass is 288 g/mol. The molecule has 1 heterocycles. The number of hydrogen-bond acceptors (Lipinski definition) is 6. The minimum atomic E-state index is -0.439. The fourth-order valence-corrected chi connectivity index (χ4v) is 2.46. The van der Waals surface area contributed by atoms with Crippen LogP contribution < -0.4 is 5.32 Å². The number of nitro groups is 1. The Bertz CT molecular complexity index is 651. The lowest BCUT2D eigenvalue weighted by molar-refractivity contribution is -0.384. The molecule has 0 saturated heterocycles. The third kappa shape index (κ3) is 2.92. The number of benzene rings is 1. The molecule has 1 aromatic carbocycles. The van der Waals surface area contributed by atoms with Gasteiger partial charge in [0.25, 0.3) is 5.69 Å². The fraction of sp³-hybridized carbons (Fsp3) is 0.429. The van der Waals surface area contributed by atoms with Gasteiger partial charge >= 0.3 is 0 Å². The number of likely N-dealkylation sites (N-methyl/N-ethyl adjacent to an activating group) is 1. The van der Waals surface area contributed by atoms with Crippen molar-refractivity contribution in [3.05, 3.63) is 40.3 Å². The molecule has 3 rings (SSSR count). The Balaban J connectivity index is 1.83. The van der Waals surface area contributed by atoms with Crippen LogP contribution in [0.4, 0.5) is 5.69 Å². The van der Waals surface area contributed by atoms with Crippen molar-refractivity contribution in [2.45, 2.75) is 25.3 Å². The topological polar surface area (TPSA) is 94.1 Å². The number of aromatic nitrogens is 2. The third-order valence-corrected chi connectivity index (χ3v) is 3.77. The van der Waals surface area contributed by atoms with E-state index in [2.05, 4.69) is 15.5 Å². The number of nitrogens with zero attached hydrogens (tertiary/aromatic N) is 3. The minimum Gasteiger partial charge on any atom is -0.339 e. The highest BCUT2D eigenvalue weighted by molar-refractivity contribution is 5.67. The molecule has 0 aliphatic heterocycles. The first-order valence-corrected chi connectivity index (χ1v) is 6.92. The second-order valence-corrected chi connectivity index (χ2v) is 5.22. The fourth-order valence-electron chi connectivity index (χ4n) is 2.46. The first-order valence-electron chi connectivity index (χ1n) is 6.92. The molecular formula is C14H16N4O3. The van der Waals surface area contributed by atoms with Crippen molar-refractivity contribution in [2.75, 3.05) is 7.05 Å². The summed E-state index contributed by atoms with van der Waals surface area (Å²) in [6.45, 7) is 0. The lowest BCUT2D eigenvalue weighted by atomic mass is 10.1. The van der Waals surface area contributed by atoms with E-state index in [4.69, 9.17) is 4.52 Å². The summed E-state index contributed by atoms with van der Waals surface area (Å²) in [6, 6.07) is 6.73. The highest BCUT2D eigenvalue weighted by Crippen LogP contribution is 2.34. The summed E-state index contributed by atoms with van der Waals surface area (Å²) in [5.74, 6) is 1.44. The van der Waals surface area contributed by atoms with Crippen LogP contribution in [0.3, 0.4) is 0 Å². The van der Waals surface area contributed by atoms with Crippen LogP contribution in [0, 0.1) is 16.0 Å². The predicted octanol–water partition coefficient (Wildman–Crippen LogP) is 2.19. The van der Waals surface area contributed by atoms with E-state index in [1.807, 2.05) is 7.05 Å². The second-order valence-electron chi connectivity index (χ2n) is 5.22. The van der Waals surface area contributed by atoms with E-state index in [9.17, 15) is 10.1 Å². The predicted molar refractivity (Wildman–Crippen MR) is 75.7 cm³/mol. The zero-order chi connectivity index (χ0) is 14.8. The normalized spacial score (nSPS) is 15.9. The third-order valence-electron chi connectivity index (χ3n) is 3.77. The van der Waals surface area contributed by atoms with Crippen molar-refractivity contribution in [1.29, 1.82) is 0 Å². The lowest BCUT2D eigenvalue weighted by Gasteiger charge is -2.11. The first kappa shape index (κ1) is 13.7. The summed E-state index contributed by atoms with van der Waals surface area (Å²) in [6.07, 6.45) is 3.09. The summed E-state index contributed by atoms with van der Waals surface area (Å²) >= 11 is 0. The van der Waals surface area contributed by atoms with Crippen LogP contribution in [0.2, 0.25) is 0 Å². The van der Waals surface area contributed by atoms with E-state index >= 15 is 0 Å². The van der Waals surface area contributed by atoms with Gasteiger partial charge in [-0.3, -0.25) is 10.1 Å². The SMILES string of the molecule is CNC(Cc1nc(-c2ccccc2[N+](=O)[O-])no1)C1CC1. The maximum Gasteiger partial charge on any atom is 0.280 e. The molecule has 21 heavy (non-hydrogen) atoms. The Labute approximate surface area is 121 Å². The summed E-state index contributed by atoms with van der Waals surface area (Å²) in [4.78, 5) is 14.9. The van der Waals surface area contributed by atoms with Crippen LogP contribution in [0.1, 0.15) is 18.7 Å². The number of hydrogen-bond donors (Lipinski definition) is 1. The average molecular weight is 288 g/mol. The van der Waals surface area contributed by atoms with Crippen molar-refractivity contribution in [1.82, 2.24) is 15.5 Å². The zero-order valence-electron chi connectivity index (χ0n) is 11.7. The molecule has 0 radical (unpaired) electrons. The van der Waals surface area contributed by atoms with Gasteiger partial charge in [-0.25, -0.2) is 0 Å². The number of nitro benzene ring substituents is 1. The van der Waals surface area contributed by atoms with Gasteiger partial charge in [0.15, 0.2) is 0 Å². The van der Waals surface area contributed by atoms with Crippen LogP contribution in [0.25, 0.3) is 11.4 Å². The Morgan fingerprint density at radius 3 is 2.90 bits per heavy atom. The van der Waals surface area contributed by atoms with Crippen molar-refractivity contribution in [3.8, 4) is 11.4 Å². The van der Waals surface area contributed by atoms with Crippen molar-refractivity contribution in [3.63, 3.8) is 0 Å². The minimum absolute atomic E-state index is 0.0165. The molecule has 1 saturated carbocycles. The summed E-state index contributed by atoms with van der Waals surface area (Å²) < 4.78 is 5.24. The largest absolute Gasteiger partial charge is 0.339 e. The highest BCUT2D eigenvalue weighted by Gasteiger charge is 2.31. The molecule has 2 aromatic rings. The van der Waals surface area contributed by atoms with Crippen LogP contribution in [0.5, 0.6) is 0 Å². The van der Waals surface area contributed by atoms with Crippen molar-refractivity contribution in [2.24, 2.45) is 5.92 Å².